The van der Waals surface area contributed by atoms with Gasteiger partial charge in [0.2, 0.25) is 0 Å². The Bertz CT molecular complexity index is 620. The van der Waals surface area contributed by atoms with Crippen LogP contribution in [0.2, 0.25) is 0 Å². The van der Waals surface area contributed by atoms with Crippen molar-refractivity contribution in [2.75, 3.05) is 32.7 Å². The van der Waals surface area contributed by atoms with Crippen LogP contribution in [-0.2, 0) is 6.54 Å². The second-order valence-electron chi connectivity index (χ2n) is 7.54. The van der Waals surface area contributed by atoms with Gasteiger partial charge in [-0.3, -0.25) is 15.0 Å². The quantitative estimate of drug-likeness (QED) is 0.474. The van der Waals surface area contributed by atoms with E-state index in [0.29, 0.717) is 0 Å². The van der Waals surface area contributed by atoms with Crippen molar-refractivity contribution in [3.63, 3.8) is 0 Å². The normalized spacial score (nSPS) is 30.1. The highest BCUT2D eigenvalue weighted by atomic mass is 16.6. The molecule has 0 unspecified atom stereocenters. The van der Waals surface area contributed by atoms with Crippen molar-refractivity contribution in [2.45, 2.75) is 19.4 Å². The van der Waals surface area contributed by atoms with Gasteiger partial charge >= 0.3 is 0 Å². The van der Waals surface area contributed by atoms with Gasteiger partial charge in [-0.15, -0.1) is 0 Å². The molecule has 3 atom stereocenters. The maximum absolute atomic E-state index is 10.7. The molecular weight excluding hydrogens is 302 g/mol. The number of non-ortho nitro benzene ring substituents is 1. The topological polar surface area (TPSA) is 49.6 Å². The summed E-state index contributed by atoms with van der Waals surface area (Å²) in [6.45, 7) is 6.62. The average molecular weight is 327 g/mol. The van der Waals surface area contributed by atoms with Gasteiger partial charge < -0.3 is 4.90 Å². The van der Waals surface area contributed by atoms with Gasteiger partial charge in [0.1, 0.15) is 0 Å². The molecule has 1 saturated heterocycles. The zero-order chi connectivity index (χ0) is 16.5. The molecule has 0 radical (unpaired) electrons. The molecule has 5 heteroatoms. The minimum absolute atomic E-state index is 0.170. The first-order chi connectivity index (χ1) is 11.7. The highest BCUT2D eigenvalue weighted by molar-refractivity contribution is 5.32. The highest BCUT2D eigenvalue weighted by Gasteiger charge is 2.36. The molecule has 1 saturated carbocycles. The van der Waals surface area contributed by atoms with Crippen LogP contribution in [0.3, 0.4) is 0 Å². The largest absolute Gasteiger partial charge is 0.300 e. The fourth-order valence-corrected chi connectivity index (χ4v) is 4.55. The summed E-state index contributed by atoms with van der Waals surface area (Å²) in [5, 5.41) is 10.7. The first kappa shape index (κ1) is 15.8. The van der Waals surface area contributed by atoms with Crippen molar-refractivity contribution >= 4 is 5.69 Å². The number of fused-ring (bicyclic) bond motifs is 2. The molecule has 24 heavy (non-hydrogen) atoms. The first-order valence-electron chi connectivity index (χ1n) is 9.04. The van der Waals surface area contributed by atoms with Crippen molar-refractivity contribution in [3.8, 4) is 0 Å². The number of nitro groups is 1. The molecule has 2 aliphatic carbocycles. The number of rotatable bonds is 5. The number of benzene rings is 1. The third kappa shape index (κ3) is 3.37. The molecule has 1 aromatic rings. The Morgan fingerprint density at radius 3 is 2.29 bits per heavy atom. The van der Waals surface area contributed by atoms with Crippen LogP contribution in [0.15, 0.2) is 36.4 Å². The van der Waals surface area contributed by atoms with Gasteiger partial charge in [0.15, 0.2) is 0 Å². The summed E-state index contributed by atoms with van der Waals surface area (Å²) in [5.74, 6) is 2.58. The van der Waals surface area contributed by atoms with Gasteiger partial charge in [-0.05, 0) is 36.2 Å². The maximum atomic E-state index is 10.7. The molecule has 2 fully saturated rings. The summed E-state index contributed by atoms with van der Waals surface area (Å²) >= 11 is 0. The van der Waals surface area contributed by atoms with Gasteiger partial charge in [0.25, 0.3) is 5.69 Å². The van der Waals surface area contributed by atoms with E-state index in [2.05, 4.69) is 22.0 Å². The van der Waals surface area contributed by atoms with Gasteiger partial charge in [-0.1, -0.05) is 24.3 Å². The third-order valence-electron chi connectivity index (χ3n) is 5.93. The van der Waals surface area contributed by atoms with Crippen LogP contribution in [0.4, 0.5) is 5.69 Å². The van der Waals surface area contributed by atoms with Crippen LogP contribution in [0.5, 0.6) is 0 Å². The number of hydrogen-bond acceptors (Lipinski definition) is 4. The predicted octanol–water partition coefficient (Wildman–Crippen LogP) is 2.92. The summed E-state index contributed by atoms with van der Waals surface area (Å²) in [5.41, 5.74) is 1.33. The first-order valence-corrected chi connectivity index (χ1v) is 9.04. The molecule has 1 aliphatic heterocycles. The SMILES string of the molecule is O=[N+]([O-])c1ccc(CN2CCN(C[C@H]3C[C@@H]4C=C[C@@H]3C4)CC2)cc1. The smallest absolute Gasteiger partial charge is 0.269 e. The number of piperazine rings is 1. The van der Waals surface area contributed by atoms with Crippen molar-refractivity contribution in [1.29, 1.82) is 0 Å². The second-order valence-corrected chi connectivity index (χ2v) is 7.54. The Balaban J connectivity index is 1.24. The second kappa shape index (κ2) is 6.65. The molecule has 0 N–H and O–H groups in total. The molecule has 3 aliphatic rings. The summed E-state index contributed by atoms with van der Waals surface area (Å²) in [7, 11) is 0. The van der Waals surface area contributed by atoms with E-state index in [-0.39, 0.29) is 10.6 Å². The monoisotopic (exact) mass is 327 g/mol. The van der Waals surface area contributed by atoms with Crippen LogP contribution in [0.1, 0.15) is 18.4 Å². The van der Waals surface area contributed by atoms with Gasteiger partial charge in [0.05, 0.1) is 4.92 Å². The molecule has 1 aromatic carbocycles. The van der Waals surface area contributed by atoms with Gasteiger partial charge in [-0.25, -0.2) is 0 Å². The summed E-state index contributed by atoms with van der Waals surface area (Å²) in [6.07, 6.45) is 7.65. The van der Waals surface area contributed by atoms with Crippen molar-refractivity contribution in [3.05, 3.63) is 52.1 Å². The van der Waals surface area contributed by atoms with E-state index in [1.54, 1.807) is 12.1 Å². The van der Waals surface area contributed by atoms with Crippen molar-refractivity contribution in [1.82, 2.24) is 9.80 Å². The fraction of sp³-hybridized carbons (Fsp3) is 0.579. The van der Waals surface area contributed by atoms with E-state index < -0.39 is 0 Å². The van der Waals surface area contributed by atoms with E-state index in [1.807, 2.05) is 12.1 Å². The predicted molar refractivity (Wildman–Crippen MR) is 93.7 cm³/mol. The highest BCUT2D eigenvalue weighted by Crippen LogP contribution is 2.43. The fourth-order valence-electron chi connectivity index (χ4n) is 4.55. The molecule has 0 amide bonds. The maximum Gasteiger partial charge on any atom is 0.269 e. The van der Waals surface area contributed by atoms with Crippen molar-refractivity contribution < 1.29 is 4.92 Å². The van der Waals surface area contributed by atoms with E-state index in [1.165, 1.54) is 19.4 Å². The Kier molecular flexibility index (Phi) is 4.37. The van der Waals surface area contributed by atoms with E-state index in [0.717, 1.165) is 56.0 Å². The number of nitrogens with zero attached hydrogens (tertiary/aromatic N) is 3. The van der Waals surface area contributed by atoms with E-state index in [9.17, 15) is 10.1 Å². The van der Waals surface area contributed by atoms with Crippen molar-refractivity contribution in [2.24, 2.45) is 17.8 Å². The Labute approximate surface area is 143 Å². The lowest BCUT2D eigenvalue weighted by Gasteiger charge is -2.37. The summed E-state index contributed by atoms with van der Waals surface area (Å²) in [4.78, 5) is 15.5. The summed E-state index contributed by atoms with van der Waals surface area (Å²) < 4.78 is 0. The number of hydrogen-bond donors (Lipinski definition) is 0. The van der Waals surface area contributed by atoms with Gasteiger partial charge in [0, 0.05) is 51.4 Å². The van der Waals surface area contributed by atoms with Crippen LogP contribution in [0.25, 0.3) is 0 Å². The molecule has 4 rings (SSSR count). The molecular formula is C19H25N3O2. The van der Waals surface area contributed by atoms with E-state index >= 15 is 0 Å². The third-order valence-corrected chi connectivity index (χ3v) is 5.93. The van der Waals surface area contributed by atoms with Crippen LogP contribution >= 0.6 is 0 Å². The Morgan fingerprint density at radius 2 is 1.71 bits per heavy atom. The minimum atomic E-state index is -0.340. The molecule has 5 nitrogen and oxygen atoms in total. The molecule has 0 aromatic heterocycles. The van der Waals surface area contributed by atoms with E-state index in [4.69, 9.17) is 0 Å². The number of allylic oxidation sites excluding steroid dienone is 2. The van der Waals surface area contributed by atoms with Crippen LogP contribution < -0.4 is 0 Å². The zero-order valence-corrected chi connectivity index (χ0v) is 14.0. The zero-order valence-electron chi connectivity index (χ0n) is 14.0. The molecule has 128 valence electrons. The van der Waals surface area contributed by atoms with Gasteiger partial charge in [-0.2, -0.15) is 0 Å². The lowest BCUT2D eigenvalue weighted by atomic mass is 9.93. The molecule has 2 bridgehead atoms. The standard InChI is InChI=1S/C19H25N3O2/c23-22(24)19-5-2-15(3-6-19)13-20-7-9-21(10-8-20)14-18-12-16-1-4-17(18)11-16/h1-6,16-18H,7-14H2/t16-,17-,18-/m1/s1. The van der Waals surface area contributed by atoms with Crippen LogP contribution in [0, 0.1) is 27.9 Å². The average Bonchev–Trinajstić information content (AvgIpc) is 3.20. The lowest BCUT2D eigenvalue weighted by Crippen LogP contribution is -2.47. The minimum Gasteiger partial charge on any atom is -0.300 e. The Hall–Kier alpha value is -1.72. The summed E-state index contributed by atoms with van der Waals surface area (Å²) in [6, 6.07) is 6.97. The molecule has 0 spiro atoms. The molecule has 1 heterocycles. The lowest BCUT2D eigenvalue weighted by molar-refractivity contribution is -0.384. The van der Waals surface area contributed by atoms with Crippen LogP contribution in [-0.4, -0.2) is 47.4 Å². The Morgan fingerprint density at radius 1 is 1.00 bits per heavy atom. The number of nitro benzene ring substituents is 1.